The number of para-hydroxylation sites is 1. The summed E-state index contributed by atoms with van der Waals surface area (Å²) < 4.78 is 0. The topological polar surface area (TPSA) is 133 Å². The number of rotatable bonds is 20. The van der Waals surface area contributed by atoms with Gasteiger partial charge in [0.25, 0.3) is 0 Å². The summed E-state index contributed by atoms with van der Waals surface area (Å²) in [5.74, 6) is 0.485. The summed E-state index contributed by atoms with van der Waals surface area (Å²) >= 11 is 4.64. The largest absolute Gasteiger partial charge is 0.356 e. The Morgan fingerprint density at radius 1 is 0.500 bits per heavy atom. The van der Waals surface area contributed by atoms with Crippen molar-refractivity contribution in [2.24, 2.45) is 0 Å². The normalized spacial score (nSPS) is 9.27. The molecule has 0 fully saturated rings. The molecule has 1 aromatic rings. The predicted molar refractivity (Wildman–Crippen MR) is 204 cm³/mol. The molecule has 4 N–H and O–H groups in total. The molecule has 0 spiro atoms. The highest BCUT2D eigenvalue weighted by atomic mass is 35.5. The minimum absolute atomic E-state index is 0.0680. The zero-order valence-electron chi connectivity index (χ0n) is 31.7. The number of carbonyl (C=O) groups excluding carboxylic acids is 5. The summed E-state index contributed by atoms with van der Waals surface area (Å²) in [7, 11) is 0. The van der Waals surface area contributed by atoms with Crippen LogP contribution in [-0.2, 0) is 24.0 Å². The fraction of sp³-hybridized carbons (Fsp3) is 0.711. The number of hydrogen-bond donors (Lipinski definition) is 4. The molecule has 1 rings (SSSR count). The van der Waals surface area contributed by atoms with Crippen LogP contribution in [0.4, 0.5) is 5.69 Å². The molecule has 280 valence electrons. The molecule has 0 radical (unpaired) electrons. The van der Waals surface area contributed by atoms with Gasteiger partial charge in [-0.1, -0.05) is 111 Å². The van der Waals surface area contributed by atoms with E-state index in [0.717, 1.165) is 83.1 Å². The second kappa shape index (κ2) is 44.1. The van der Waals surface area contributed by atoms with Gasteiger partial charge < -0.3 is 21.3 Å². The maximum Gasteiger partial charge on any atom is 0.224 e. The predicted octanol–water partition coefficient (Wildman–Crippen LogP) is 9.09. The highest BCUT2D eigenvalue weighted by molar-refractivity contribution is 6.62. The van der Waals surface area contributed by atoms with Crippen LogP contribution in [0, 0.1) is 0 Å². The van der Waals surface area contributed by atoms with Crippen molar-refractivity contribution in [3.63, 3.8) is 0 Å². The van der Waals surface area contributed by atoms with Crippen molar-refractivity contribution in [3.8, 4) is 0 Å². The number of amides is 4. The van der Waals surface area contributed by atoms with Gasteiger partial charge in [0.2, 0.25) is 28.9 Å². The molecule has 48 heavy (non-hydrogen) atoms. The van der Waals surface area contributed by atoms with Crippen LogP contribution >= 0.6 is 11.6 Å². The summed E-state index contributed by atoms with van der Waals surface area (Å²) in [5.41, 5.74) is 0.887. The smallest absolute Gasteiger partial charge is 0.224 e. The van der Waals surface area contributed by atoms with Crippen molar-refractivity contribution < 1.29 is 24.0 Å². The van der Waals surface area contributed by atoms with Crippen molar-refractivity contribution in [2.75, 3.05) is 25.0 Å². The maximum atomic E-state index is 11.5. The highest BCUT2D eigenvalue weighted by Crippen LogP contribution is 2.08. The quantitative estimate of drug-likeness (QED) is 0.0796. The minimum atomic E-state index is -0.361. The first kappa shape index (κ1) is 51.9. The fourth-order valence-electron chi connectivity index (χ4n) is 3.55. The van der Waals surface area contributed by atoms with Gasteiger partial charge in [-0.2, -0.15) is 0 Å². The molecule has 9 nitrogen and oxygen atoms in total. The average molecular weight is 699 g/mol. The van der Waals surface area contributed by atoms with Crippen LogP contribution in [0.15, 0.2) is 30.3 Å². The van der Waals surface area contributed by atoms with Crippen LogP contribution in [0.3, 0.4) is 0 Å². The van der Waals surface area contributed by atoms with Crippen LogP contribution in [0.1, 0.15) is 158 Å². The van der Waals surface area contributed by atoms with Crippen LogP contribution < -0.4 is 21.3 Å². The van der Waals surface area contributed by atoms with Gasteiger partial charge in [0.15, 0.2) is 0 Å². The van der Waals surface area contributed by atoms with E-state index in [1.54, 1.807) is 0 Å². The van der Waals surface area contributed by atoms with Gasteiger partial charge in [-0.3, -0.25) is 24.0 Å². The van der Waals surface area contributed by atoms with Crippen molar-refractivity contribution in [2.45, 2.75) is 158 Å². The Bertz CT molecular complexity index is 861. The van der Waals surface area contributed by atoms with Crippen LogP contribution in [0.25, 0.3) is 0 Å². The third-order valence-electron chi connectivity index (χ3n) is 6.23. The Balaban J connectivity index is -0.000000267. The number of hydrogen-bond acceptors (Lipinski definition) is 5. The lowest BCUT2D eigenvalue weighted by atomic mass is 10.1. The Hall–Kier alpha value is -2.94. The van der Waals surface area contributed by atoms with Gasteiger partial charge in [-0.25, -0.2) is 0 Å². The molecule has 0 aliphatic rings. The molecule has 1 aromatic carbocycles. The molecule has 0 atom stereocenters. The van der Waals surface area contributed by atoms with Gasteiger partial charge in [0.1, 0.15) is 0 Å². The van der Waals surface area contributed by atoms with Crippen molar-refractivity contribution in [1.82, 2.24) is 16.0 Å². The fourth-order valence-corrected chi connectivity index (χ4v) is 3.55. The molecular formula is C38H71ClN4O5. The van der Waals surface area contributed by atoms with Gasteiger partial charge in [0, 0.05) is 58.9 Å². The maximum absolute atomic E-state index is 11.5. The number of anilines is 1. The summed E-state index contributed by atoms with van der Waals surface area (Å²) in [6, 6.07) is 9.60. The molecule has 10 heteroatoms. The third-order valence-corrected chi connectivity index (χ3v) is 6.23. The van der Waals surface area contributed by atoms with E-state index >= 15 is 0 Å². The molecule has 4 amide bonds. The number of benzene rings is 1. The van der Waals surface area contributed by atoms with Crippen LogP contribution in [0.2, 0.25) is 0 Å². The SMILES string of the molecule is CC(=O)Cl.CCCCCCC(=O)NCCCC.CCCCCCC(=O)Nc1ccccc1.CCCCNC(C)=O.CCCCNC(C)=O. The highest BCUT2D eigenvalue weighted by Gasteiger charge is 2.01. The summed E-state index contributed by atoms with van der Waals surface area (Å²) in [6.07, 6.45) is 17.3. The Morgan fingerprint density at radius 3 is 1.21 bits per heavy atom. The lowest BCUT2D eigenvalue weighted by Crippen LogP contribution is -2.23. The van der Waals surface area contributed by atoms with E-state index in [0.29, 0.717) is 12.8 Å². The van der Waals surface area contributed by atoms with E-state index in [4.69, 9.17) is 0 Å². The summed E-state index contributed by atoms with van der Waals surface area (Å²) in [4.78, 5) is 52.3. The number of carbonyl (C=O) groups is 5. The Morgan fingerprint density at radius 2 is 0.854 bits per heavy atom. The molecule has 0 saturated carbocycles. The first-order chi connectivity index (χ1) is 22.9. The number of nitrogens with one attached hydrogen (secondary N) is 4. The molecular weight excluding hydrogens is 628 g/mol. The first-order valence-electron chi connectivity index (χ1n) is 18.2. The molecule has 0 unspecified atom stereocenters. The van der Waals surface area contributed by atoms with E-state index in [-0.39, 0.29) is 28.9 Å². The van der Waals surface area contributed by atoms with E-state index in [1.165, 1.54) is 52.9 Å². The van der Waals surface area contributed by atoms with Crippen molar-refractivity contribution >= 4 is 46.2 Å². The standard InChI is InChI=1S/C13H19NO.C11H23NO.2C6H13NO.C2H3ClO/c1-2-3-4-8-11-13(15)14-12-9-6-5-7-10-12;1-3-5-7-8-9-11(13)12-10-6-4-2;2*1-3-4-5-7-6(2)8;1-2(3)4/h5-7,9-10H,2-4,8,11H2,1H3,(H,14,15);3-10H2,1-2H3,(H,12,13);2*3-5H2,1-2H3,(H,7,8);1H3. The van der Waals surface area contributed by atoms with E-state index in [2.05, 4.69) is 67.5 Å². The van der Waals surface area contributed by atoms with E-state index in [1.807, 2.05) is 30.3 Å². The second-order valence-corrected chi connectivity index (χ2v) is 11.9. The van der Waals surface area contributed by atoms with Crippen molar-refractivity contribution in [1.29, 1.82) is 0 Å². The van der Waals surface area contributed by atoms with Gasteiger partial charge >= 0.3 is 0 Å². The average Bonchev–Trinajstić information content (AvgIpc) is 3.03. The molecule has 0 aliphatic carbocycles. The van der Waals surface area contributed by atoms with Gasteiger partial charge in [-0.15, -0.1) is 0 Å². The Labute approximate surface area is 298 Å². The van der Waals surface area contributed by atoms with Crippen molar-refractivity contribution in [3.05, 3.63) is 30.3 Å². The van der Waals surface area contributed by atoms with Crippen LogP contribution in [-0.4, -0.2) is 48.5 Å². The second-order valence-electron chi connectivity index (χ2n) is 11.4. The first-order valence-corrected chi connectivity index (χ1v) is 18.6. The molecule has 0 saturated heterocycles. The zero-order chi connectivity index (χ0) is 37.3. The van der Waals surface area contributed by atoms with Gasteiger partial charge in [-0.05, 0) is 55.8 Å². The number of halogens is 1. The molecule has 0 bridgehead atoms. The third kappa shape index (κ3) is 58.6. The molecule has 0 heterocycles. The summed E-state index contributed by atoms with van der Waals surface area (Å²) in [5, 5.41) is 10.9. The van der Waals surface area contributed by atoms with E-state index < -0.39 is 0 Å². The van der Waals surface area contributed by atoms with E-state index in [9.17, 15) is 24.0 Å². The monoisotopic (exact) mass is 699 g/mol. The Kier molecular flexibility index (Phi) is 47.6. The van der Waals surface area contributed by atoms with Crippen LogP contribution in [0.5, 0.6) is 0 Å². The zero-order valence-corrected chi connectivity index (χ0v) is 32.5. The van der Waals surface area contributed by atoms with Gasteiger partial charge in [0.05, 0.1) is 0 Å². The lowest BCUT2D eigenvalue weighted by Gasteiger charge is -2.04. The molecule has 0 aliphatic heterocycles. The minimum Gasteiger partial charge on any atom is -0.356 e. The molecule has 0 aromatic heterocycles. The summed E-state index contributed by atoms with van der Waals surface area (Å²) in [6.45, 7) is 17.6. The lowest BCUT2D eigenvalue weighted by molar-refractivity contribution is -0.121. The number of unbranched alkanes of at least 4 members (excludes halogenated alkanes) is 9.